The first-order valence-corrected chi connectivity index (χ1v) is 7.09. The van der Waals surface area contributed by atoms with E-state index in [1.54, 1.807) is 25.1 Å². The summed E-state index contributed by atoms with van der Waals surface area (Å²) in [4.78, 5) is 1.42. The number of rotatable bonds is 3. The molecule has 0 radical (unpaired) electrons. The van der Waals surface area contributed by atoms with Crippen LogP contribution < -0.4 is 0 Å². The van der Waals surface area contributed by atoms with Gasteiger partial charge in [-0.15, -0.1) is 0 Å². The number of aliphatic hydroxyl groups excluding tert-OH is 1. The van der Waals surface area contributed by atoms with Crippen LogP contribution in [0.5, 0.6) is 0 Å². The SMILES string of the molecule is CC(O)c1cc(Br)ccc1Sc1ccccc1F. The molecule has 2 rings (SSSR count). The number of benzene rings is 2. The molecule has 0 aliphatic rings. The summed E-state index contributed by atoms with van der Waals surface area (Å²) < 4.78 is 14.5. The molecule has 0 saturated heterocycles. The van der Waals surface area contributed by atoms with E-state index in [9.17, 15) is 9.50 Å². The first kappa shape index (κ1) is 13.6. The normalized spacial score (nSPS) is 12.4. The summed E-state index contributed by atoms with van der Waals surface area (Å²) >= 11 is 4.69. The quantitative estimate of drug-likeness (QED) is 0.874. The van der Waals surface area contributed by atoms with Gasteiger partial charge in [-0.2, -0.15) is 0 Å². The molecule has 18 heavy (non-hydrogen) atoms. The lowest BCUT2D eigenvalue weighted by Gasteiger charge is -2.12. The van der Waals surface area contributed by atoms with Gasteiger partial charge in [0.15, 0.2) is 0 Å². The van der Waals surface area contributed by atoms with E-state index in [0.717, 1.165) is 14.9 Å². The summed E-state index contributed by atoms with van der Waals surface area (Å²) in [5, 5.41) is 9.75. The summed E-state index contributed by atoms with van der Waals surface area (Å²) in [7, 11) is 0. The van der Waals surface area contributed by atoms with Crippen molar-refractivity contribution in [2.45, 2.75) is 22.8 Å². The maximum Gasteiger partial charge on any atom is 0.137 e. The monoisotopic (exact) mass is 326 g/mol. The van der Waals surface area contributed by atoms with Crippen LogP contribution in [0.2, 0.25) is 0 Å². The van der Waals surface area contributed by atoms with Crippen LogP contribution in [0.1, 0.15) is 18.6 Å². The summed E-state index contributed by atoms with van der Waals surface area (Å²) in [6.07, 6.45) is -0.586. The first-order chi connectivity index (χ1) is 8.58. The van der Waals surface area contributed by atoms with Gasteiger partial charge in [-0.1, -0.05) is 39.8 Å². The van der Waals surface area contributed by atoms with Gasteiger partial charge in [0.05, 0.1) is 6.10 Å². The molecule has 4 heteroatoms. The van der Waals surface area contributed by atoms with Crippen molar-refractivity contribution in [2.24, 2.45) is 0 Å². The van der Waals surface area contributed by atoms with Gasteiger partial charge < -0.3 is 5.11 Å². The van der Waals surface area contributed by atoms with Crippen molar-refractivity contribution in [1.29, 1.82) is 0 Å². The predicted molar refractivity (Wildman–Crippen MR) is 75.3 cm³/mol. The Labute approximate surface area is 118 Å². The fraction of sp³-hybridized carbons (Fsp3) is 0.143. The van der Waals surface area contributed by atoms with Crippen LogP contribution >= 0.6 is 27.7 Å². The van der Waals surface area contributed by atoms with Crippen LogP contribution in [0.4, 0.5) is 4.39 Å². The second kappa shape index (κ2) is 5.87. The summed E-state index contributed by atoms with van der Waals surface area (Å²) in [6.45, 7) is 1.70. The van der Waals surface area contributed by atoms with Gasteiger partial charge in [-0.3, -0.25) is 0 Å². The van der Waals surface area contributed by atoms with E-state index < -0.39 is 6.10 Å². The molecule has 1 N–H and O–H groups in total. The van der Waals surface area contributed by atoms with E-state index in [4.69, 9.17) is 0 Å². The highest BCUT2D eigenvalue weighted by molar-refractivity contribution is 9.10. The molecule has 1 unspecified atom stereocenters. The van der Waals surface area contributed by atoms with Crippen molar-refractivity contribution in [1.82, 2.24) is 0 Å². The minimum absolute atomic E-state index is 0.248. The molecular formula is C14H12BrFOS. The fourth-order valence-electron chi connectivity index (χ4n) is 1.58. The van der Waals surface area contributed by atoms with Crippen LogP contribution in [-0.4, -0.2) is 5.11 Å². The van der Waals surface area contributed by atoms with Crippen LogP contribution in [0.3, 0.4) is 0 Å². The second-order valence-electron chi connectivity index (χ2n) is 3.89. The van der Waals surface area contributed by atoms with Crippen molar-refractivity contribution in [2.75, 3.05) is 0 Å². The second-order valence-corrected chi connectivity index (χ2v) is 5.89. The van der Waals surface area contributed by atoms with Crippen LogP contribution in [-0.2, 0) is 0 Å². The predicted octanol–water partition coefficient (Wildman–Crippen LogP) is 4.79. The van der Waals surface area contributed by atoms with Gasteiger partial charge in [-0.05, 0) is 42.8 Å². The Balaban J connectivity index is 2.37. The van der Waals surface area contributed by atoms with Crippen molar-refractivity contribution in [3.05, 3.63) is 58.3 Å². The molecule has 94 valence electrons. The molecule has 0 heterocycles. The maximum absolute atomic E-state index is 13.6. The number of hydrogen-bond acceptors (Lipinski definition) is 2. The highest BCUT2D eigenvalue weighted by Gasteiger charge is 2.11. The molecule has 0 spiro atoms. The summed E-state index contributed by atoms with van der Waals surface area (Å²) in [5.74, 6) is -0.248. The highest BCUT2D eigenvalue weighted by Crippen LogP contribution is 2.35. The van der Waals surface area contributed by atoms with E-state index in [1.165, 1.54) is 17.8 Å². The van der Waals surface area contributed by atoms with Crippen LogP contribution in [0.25, 0.3) is 0 Å². The third kappa shape index (κ3) is 3.13. The molecule has 0 saturated carbocycles. The van der Waals surface area contributed by atoms with Crippen LogP contribution in [0.15, 0.2) is 56.7 Å². The number of halogens is 2. The Morgan fingerprint density at radius 3 is 2.56 bits per heavy atom. The molecule has 2 aromatic rings. The zero-order valence-electron chi connectivity index (χ0n) is 9.73. The molecule has 0 fully saturated rings. The van der Waals surface area contributed by atoms with E-state index in [1.807, 2.05) is 18.2 Å². The lowest BCUT2D eigenvalue weighted by Crippen LogP contribution is -1.94. The van der Waals surface area contributed by atoms with E-state index in [2.05, 4.69) is 15.9 Å². The molecule has 2 aromatic carbocycles. The van der Waals surface area contributed by atoms with E-state index in [0.29, 0.717) is 4.90 Å². The van der Waals surface area contributed by atoms with Gasteiger partial charge in [0.25, 0.3) is 0 Å². The van der Waals surface area contributed by atoms with Crippen LogP contribution in [0, 0.1) is 5.82 Å². The molecular weight excluding hydrogens is 315 g/mol. The Bertz CT molecular complexity index is 557. The molecule has 0 aromatic heterocycles. The van der Waals surface area contributed by atoms with Gasteiger partial charge in [0.2, 0.25) is 0 Å². The first-order valence-electron chi connectivity index (χ1n) is 5.48. The zero-order valence-corrected chi connectivity index (χ0v) is 12.1. The summed E-state index contributed by atoms with van der Waals surface area (Å²) in [5.41, 5.74) is 0.789. The molecule has 1 atom stereocenters. The van der Waals surface area contributed by atoms with Gasteiger partial charge in [0, 0.05) is 14.3 Å². The van der Waals surface area contributed by atoms with Crippen molar-refractivity contribution in [3.63, 3.8) is 0 Å². The average molecular weight is 327 g/mol. The topological polar surface area (TPSA) is 20.2 Å². The Kier molecular flexibility index (Phi) is 4.43. The zero-order chi connectivity index (χ0) is 13.1. The minimum Gasteiger partial charge on any atom is -0.389 e. The van der Waals surface area contributed by atoms with Gasteiger partial charge in [-0.25, -0.2) is 4.39 Å². The van der Waals surface area contributed by atoms with E-state index >= 15 is 0 Å². The van der Waals surface area contributed by atoms with Gasteiger partial charge >= 0.3 is 0 Å². The Hall–Kier alpha value is -0.840. The number of hydrogen-bond donors (Lipinski definition) is 1. The molecule has 0 bridgehead atoms. The standard InChI is InChI=1S/C14H12BrFOS/c1-9(17)11-8-10(15)6-7-13(11)18-14-5-3-2-4-12(14)16/h2-9,17H,1H3. The highest BCUT2D eigenvalue weighted by atomic mass is 79.9. The Morgan fingerprint density at radius 2 is 1.89 bits per heavy atom. The van der Waals surface area contributed by atoms with Crippen molar-refractivity contribution < 1.29 is 9.50 Å². The van der Waals surface area contributed by atoms with E-state index in [-0.39, 0.29) is 5.82 Å². The maximum atomic E-state index is 13.6. The molecule has 0 amide bonds. The molecule has 0 aliphatic carbocycles. The average Bonchev–Trinajstić information content (AvgIpc) is 2.34. The fourth-order valence-corrected chi connectivity index (χ4v) is 3.00. The Morgan fingerprint density at radius 1 is 1.17 bits per heavy atom. The third-order valence-electron chi connectivity index (χ3n) is 2.48. The third-order valence-corrected chi connectivity index (χ3v) is 4.11. The lowest BCUT2D eigenvalue weighted by atomic mass is 10.1. The smallest absolute Gasteiger partial charge is 0.137 e. The van der Waals surface area contributed by atoms with Crippen molar-refractivity contribution >= 4 is 27.7 Å². The molecule has 0 aliphatic heterocycles. The van der Waals surface area contributed by atoms with Gasteiger partial charge in [0.1, 0.15) is 5.82 Å². The summed E-state index contributed by atoms with van der Waals surface area (Å²) in [6, 6.07) is 12.2. The number of aliphatic hydroxyl groups is 1. The minimum atomic E-state index is -0.586. The molecule has 1 nitrogen and oxygen atoms in total. The largest absolute Gasteiger partial charge is 0.389 e. The lowest BCUT2D eigenvalue weighted by molar-refractivity contribution is 0.196. The van der Waals surface area contributed by atoms with Crippen molar-refractivity contribution in [3.8, 4) is 0 Å².